The van der Waals surface area contributed by atoms with Crippen molar-refractivity contribution in [2.45, 2.75) is 19.9 Å². The van der Waals surface area contributed by atoms with Gasteiger partial charge in [-0.3, -0.25) is 19.5 Å². The third kappa shape index (κ3) is 4.44. The Bertz CT molecular complexity index is 1470. The summed E-state index contributed by atoms with van der Waals surface area (Å²) in [5, 5.41) is 11.1. The molecule has 2 aromatic carbocycles. The predicted octanol–water partition coefficient (Wildman–Crippen LogP) is 3.58. The molecule has 1 atom stereocenters. The molecule has 4 rings (SSSR count). The summed E-state index contributed by atoms with van der Waals surface area (Å²) in [6.07, 6.45) is 1.59. The second kappa shape index (κ2) is 9.24. The van der Waals surface area contributed by atoms with Gasteiger partial charge in [0.05, 0.1) is 21.6 Å². The van der Waals surface area contributed by atoms with E-state index in [9.17, 15) is 19.7 Å². The number of esters is 1. The standard InChI is InChI=1S/C23H18BrN3O5S/c1-3-32-22(29)19-13(2)26-21(28)18(12-14-5-4-6-17(11-14)27(30)31)33-23(26)25-20(19)15-7-9-16(24)10-8-15/h4-12,20H,3H2,1-2H3/b18-12-/t20-/m1/s1. The van der Waals surface area contributed by atoms with Gasteiger partial charge in [-0.25, -0.2) is 9.79 Å². The number of nitrogens with zero attached hydrogens (tertiary/aromatic N) is 3. The summed E-state index contributed by atoms with van der Waals surface area (Å²) < 4.78 is 7.91. The number of rotatable bonds is 5. The highest BCUT2D eigenvalue weighted by Gasteiger charge is 2.31. The van der Waals surface area contributed by atoms with Gasteiger partial charge in [0.2, 0.25) is 0 Å². The summed E-state index contributed by atoms with van der Waals surface area (Å²) >= 11 is 4.58. The molecule has 33 heavy (non-hydrogen) atoms. The van der Waals surface area contributed by atoms with Crippen molar-refractivity contribution in [3.05, 3.63) is 99.5 Å². The molecule has 0 spiro atoms. The van der Waals surface area contributed by atoms with Gasteiger partial charge in [-0.05, 0) is 43.2 Å². The number of halogens is 1. The maximum absolute atomic E-state index is 13.2. The highest BCUT2D eigenvalue weighted by atomic mass is 79.9. The molecule has 1 aliphatic heterocycles. The molecule has 0 N–H and O–H groups in total. The van der Waals surface area contributed by atoms with Crippen LogP contribution < -0.4 is 14.9 Å². The van der Waals surface area contributed by atoms with Crippen LogP contribution in [0.1, 0.15) is 31.0 Å². The average Bonchev–Trinajstić information content (AvgIpc) is 3.09. The first-order chi connectivity index (χ1) is 15.8. The first-order valence-corrected chi connectivity index (χ1v) is 11.6. The number of aromatic nitrogens is 1. The van der Waals surface area contributed by atoms with Gasteiger partial charge in [0.1, 0.15) is 6.04 Å². The van der Waals surface area contributed by atoms with E-state index in [0.717, 1.165) is 10.0 Å². The largest absolute Gasteiger partial charge is 0.463 e. The predicted molar refractivity (Wildman–Crippen MR) is 128 cm³/mol. The number of ether oxygens (including phenoxy) is 1. The fraction of sp³-hybridized carbons (Fsp3) is 0.174. The van der Waals surface area contributed by atoms with E-state index in [4.69, 9.17) is 9.73 Å². The third-order valence-electron chi connectivity index (χ3n) is 5.10. The van der Waals surface area contributed by atoms with Crippen LogP contribution in [0.2, 0.25) is 0 Å². The molecule has 0 radical (unpaired) electrons. The molecule has 0 amide bonds. The Labute approximate surface area is 200 Å². The van der Waals surface area contributed by atoms with Crippen molar-refractivity contribution in [1.29, 1.82) is 0 Å². The lowest BCUT2D eigenvalue weighted by Gasteiger charge is -2.22. The van der Waals surface area contributed by atoms with Gasteiger partial charge in [0.25, 0.3) is 11.2 Å². The fourth-order valence-electron chi connectivity index (χ4n) is 3.58. The number of allylic oxidation sites excluding steroid dienone is 1. The fourth-order valence-corrected chi connectivity index (χ4v) is 4.89. The van der Waals surface area contributed by atoms with Crippen LogP contribution >= 0.6 is 27.3 Å². The molecule has 2 heterocycles. The van der Waals surface area contributed by atoms with Gasteiger partial charge in [0, 0.05) is 22.3 Å². The van der Waals surface area contributed by atoms with Crippen molar-refractivity contribution < 1.29 is 14.5 Å². The second-order valence-corrected chi connectivity index (χ2v) is 9.11. The summed E-state index contributed by atoms with van der Waals surface area (Å²) in [6.45, 7) is 3.61. The van der Waals surface area contributed by atoms with Crippen LogP contribution in [-0.2, 0) is 9.53 Å². The first kappa shape index (κ1) is 22.8. The topological polar surface area (TPSA) is 104 Å². The van der Waals surface area contributed by atoms with Gasteiger partial charge >= 0.3 is 5.97 Å². The number of nitro benzene ring substituents is 1. The Balaban J connectivity index is 1.93. The molecule has 3 aromatic rings. The van der Waals surface area contributed by atoms with Crippen LogP contribution in [0.25, 0.3) is 11.8 Å². The minimum Gasteiger partial charge on any atom is -0.463 e. The number of hydrogen-bond donors (Lipinski definition) is 0. The number of benzene rings is 2. The van der Waals surface area contributed by atoms with Crippen molar-refractivity contribution >= 4 is 50.7 Å². The number of fused-ring (bicyclic) bond motifs is 1. The van der Waals surface area contributed by atoms with E-state index in [1.54, 1.807) is 32.1 Å². The Morgan fingerprint density at radius 1 is 1.30 bits per heavy atom. The summed E-state index contributed by atoms with van der Waals surface area (Å²) in [7, 11) is 0. The molecule has 0 aliphatic carbocycles. The van der Waals surface area contributed by atoms with Crippen molar-refractivity contribution in [3.8, 4) is 0 Å². The highest BCUT2D eigenvalue weighted by Crippen LogP contribution is 2.32. The van der Waals surface area contributed by atoms with E-state index in [1.165, 1.54) is 28.0 Å². The molecule has 0 saturated heterocycles. The molecule has 0 unspecified atom stereocenters. The molecule has 1 aliphatic rings. The Morgan fingerprint density at radius 2 is 2.03 bits per heavy atom. The summed E-state index contributed by atoms with van der Waals surface area (Å²) in [6, 6.07) is 12.9. The quantitative estimate of drug-likeness (QED) is 0.286. The number of non-ortho nitro benzene ring substituents is 1. The van der Waals surface area contributed by atoms with E-state index in [2.05, 4.69) is 15.9 Å². The normalized spacial score (nSPS) is 15.7. The molecular weight excluding hydrogens is 510 g/mol. The summed E-state index contributed by atoms with van der Waals surface area (Å²) in [4.78, 5) is 41.8. The third-order valence-corrected chi connectivity index (χ3v) is 6.62. The zero-order valence-corrected chi connectivity index (χ0v) is 20.1. The molecule has 8 nitrogen and oxygen atoms in total. The SMILES string of the molecule is CCOC(=O)C1=C(C)n2c(s/c(=C\c3cccc([N+](=O)[O-])c3)c2=O)=N[C@@H]1c1ccc(Br)cc1. The van der Waals surface area contributed by atoms with Crippen LogP contribution in [-0.4, -0.2) is 22.1 Å². The van der Waals surface area contributed by atoms with Crippen molar-refractivity contribution in [2.75, 3.05) is 6.61 Å². The molecule has 0 saturated carbocycles. The number of carbonyl (C=O) groups excluding carboxylic acids is 1. The Kier molecular flexibility index (Phi) is 6.39. The van der Waals surface area contributed by atoms with E-state index in [-0.39, 0.29) is 17.9 Å². The minimum absolute atomic E-state index is 0.0640. The van der Waals surface area contributed by atoms with Crippen LogP contribution in [0.4, 0.5) is 5.69 Å². The molecule has 1 aromatic heterocycles. The van der Waals surface area contributed by atoms with Crippen LogP contribution in [0, 0.1) is 10.1 Å². The maximum Gasteiger partial charge on any atom is 0.338 e. The second-order valence-electron chi connectivity index (χ2n) is 7.19. The summed E-state index contributed by atoms with van der Waals surface area (Å²) in [5.74, 6) is -0.528. The molecule has 0 bridgehead atoms. The molecule has 168 valence electrons. The smallest absolute Gasteiger partial charge is 0.338 e. The number of thiazole rings is 1. The molecule has 0 fully saturated rings. The Hall–Kier alpha value is -3.37. The number of carbonyl (C=O) groups is 1. The van der Waals surface area contributed by atoms with Crippen molar-refractivity contribution in [2.24, 2.45) is 4.99 Å². The van der Waals surface area contributed by atoms with Crippen LogP contribution in [0.5, 0.6) is 0 Å². The van der Waals surface area contributed by atoms with Gasteiger partial charge in [-0.2, -0.15) is 0 Å². The number of hydrogen-bond acceptors (Lipinski definition) is 7. The van der Waals surface area contributed by atoms with Crippen molar-refractivity contribution in [1.82, 2.24) is 4.57 Å². The van der Waals surface area contributed by atoms with Crippen molar-refractivity contribution in [3.63, 3.8) is 0 Å². The number of nitro groups is 1. The van der Waals surface area contributed by atoms with Crippen LogP contribution in [0.3, 0.4) is 0 Å². The van der Waals surface area contributed by atoms with E-state index in [0.29, 0.717) is 26.2 Å². The van der Waals surface area contributed by atoms with E-state index < -0.39 is 16.9 Å². The lowest BCUT2D eigenvalue weighted by atomic mass is 9.97. The van der Waals surface area contributed by atoms with E-state index in [1.807, 2.05) is 24.3 Å². The van der Waals surface area contributed by atoms with Gasteiger partial charge < -0.3 is 4.74 Å². The first-order valence-electron chi connectivity index (χ1n) is 9.99. The molecule has 10 heteroatoms. The Morgan fingerprint density at radius 3 is 2.70 bits per heavy atom. The summed E-state index contributed by atoms with van der Waals surface area (Å²) in [5.41, 5.74) is 1.65. The van der Waals surface area contributed by atoms with Crippen LogP contribution in [0.15, 0.2) is 68.4 Å². The monoisotopic (exact) mass is 527 g/mol. The van der Waals surface area contributed by atoms with E-state index >= 15 is 0 Å². The highest BCUT2D eigenvalue weighted by molar-refractivity contribution is 9.10. The maximum atomic E-state index is 13.2. The zero-order valence-electron chi connectivity index (χ0n) is 17.6. The van der Waals surface area contributed by atoms with Gasteiger partial charge in [-0.15, -0.1) is 0 Å². The van der Waals surface area contributed by atoms with Gasteiger partial charge in [-0.1, -0.05) is 51.5 Å². The average molecular weight is 528 g/mol. The lowest BCUT2D eigenvalue weighted by molar-refractivity contribution is -0.384. The van der Waals surface area contributed by atoms with Gasteiger partial charge in [0.15, 0.2) is 4.80 Å². The lowest BCUT2D eigenvalue weighted by Crippen LogP contribution is -2.35. The minimum atomic E-state index is -0.624. The zero-order chi connectivity index (χ0) is 23.7. The molecular formula is C23H18BrN3O5S.